The van der Waals surface area contributed by atoms with Crippen molar-refractivity contribution in [2.45, 2.75) is 56.4 Å². The van der Waals surface area contributed by atoms with Gasteiger partial charge in [0.25, 0.3) is 0 Å². The highest BCUT2D eigenvalue weighted by Crippen LogP contribution is 2.38. The molecule has 0 amide bonds. The fraction of sp³-hybridized carbons (Fsp3) is 0.667. The lowest BCUT2D eigenvalue weighted by Crippen LogP contribution is -2.53. The minimum absolute atomic E-state index is 0.222. The van der Waals surface area contributed by atoms with Gasteiger partial charge in [0.05, 0.1) is 0 Å². The molecule has 0 unspecified atom stereocenters. The number of hydrogen-bond acceptors (Lipinski definition) is 2. The molecule has 0 spiro atoms. The summed E-state index contributed by atoms with van der Waals surface area (Å²) in [5.41, 5.74) is 7.83. The van der Waals surface area contributed by atoms with Gasteiger partial charge in [0, 0.05) is 12.1 Å². The smallest absolute Gasteiger partial charge is 0.0304 e. The lowest BCUT2D eigenvalue weighted by molar-refractivity contribution is 0.221. The molecule has 2 aliphatic carbocycles. The fourth-order valence-electron chi connectivity index (χ4n) is 3.63. The summed E-state index contributed by atoms with van der Waals surface area (Å²) in [7, 11) is 0. The highest BCUT2D eigenvalue weighted by Gasteiger charge is 2.34. The van der Waals surface area contributed by atoms with Gasteiger partial charge in [0.1, 0.15) is 0 Å². The SMILES string of the molecule is NCC1(NCCC2CC2)CCC(c2ccccc2)CC1. The Labute approximate surface area is 123 Å². The maximum atomic E-state index is 6.09. The largest absolute Gasteiger partial charge is 0.329 e. The van der Waals surface area contributed by atoms with Crippen LogP contribution in [0.1, 0.15) is 56.4 Å². The summed E-state index contributed by atoms with van der Waals surface area (Å²) < 4.78 is 0. The van der Waals surface area contributed by atoms with Gasteiger partial charge in [-0.15, -0.1) is 0 Å². The van der Waals surface area contributed by atoms with Gasteiger partial charge in [0.15, 0.2) is 0 Å². The second-order valence-electron chi connectivity index (χ2n) is 6.83. The molecule has 2 saturated carbocycles. The van der Waals surface area contributed by atoms with E-state index in [0.717, 1.165) is 24.9 Å². The summed E-state index contributed by atoms with van der Waals surface area (Å²) in [4.78, 5) is 0. The predicted octanol–water partition coefficient (Wildman–Crippen LogP) is 3.43. The van der Waals surface area contributed by atoms with Crippen LogP contribution in [-0.4, -0.2) is 18.6 Å². The molecule has 2 nitrogen and oxygen atoms in total. The van der Waals surface area contributed by atoms with Gasteiger partial charge in [-0.2, -0.15) is 0 Å². The van der Waals surface area contributed by atoms with Gasteiger partial charge >= 0.3 is 0 Å². The molecule has 20 heavy (non-hydrogen) atoms. The Morgan fingerprint density at radius 3 is 2.35 bits per heavy atom. The Morgan fingerprint density at radius 2 is 1.75 bits per heavy atom. The Bertz CT molecular complexity index is 403. The minimum atomic E-state index is 0.222. The van der Waals surface area contributed by atoms with Crippen molar-refractivity contribution in [3.8, 4) is 0 Å². The lowest BCUT2D eigenvalue weighted by atomic mass is 9.74. The van der Waals surface area contributed by atoms with Crippen LogP contribution in [0.25, 0.3) is 0 Å². The number of nitrogens with one attached hydrogen (secondary N) is 1. The molecule has 2 fully saturated rings. The van der Waals surface area contributed by atoms with Gasteiger partial charge in [-0.05, 0) is 56.0 Å². The van der Waals surface area contributed by atoms with Crippen molar-refractivity contribution in [2.24, 2.45) is 11.7 Å². The first kappa shape index (κ1) is 14.1. The van der Waals surface area contributed by atoms with E-state index in [1.165, 1.54) is 50.5 Å². The molecule has 0 saturated heterocycles. The third kappa shape index (κ3) is 3.42. The van der Waals surface area contributed by atoms with Crippen LogP contribution in [-0.2, 0) is 0 Å². The Balaban J connectivity index is 1.51. The molecule has 0 heterocycles. The minimum Gasteiger partial charge on any atom is -0.329 e. The van der Waals surface area contributed by atoms with Crippen molar-refractivity contribution in [3.05, 3.63) is 35.9 Å². The second kappa shape index (κ2) is 6.28. The normalized spacial score (nSPS) is 30.4. The zero-order valence-electron chi connectivity index (χ0n) is 12.5. The quantitative estimate of drug-likeness (QED) is 0.832. The number of rotatable bonds is 6. The molecule has 2 heteroatoms. The average Bonchev–Trinajstić information content (AvgIpc) is 3.33. The van der Waals surface area contributed by atoms with Crippen LogP contribution in [0.3, 0.4) is 0 Å². The summed E-state index contributed by atoms with van der Waals surface area (Å²) >= 11 is 0. The summed E-state index contributed by atoms with van der Waals surface area (Å²) in [6.45, 7) is 1.96. The van der Waals surface area contributed by atoms with Gasteiger partial charge in [0.2, 0.25) is 0 Å². The van der Waals surface area contributed by atoms with Crippen molar-refractivity contribution < 1.29 is 0 Å². The highest BCUT2D eigenvalue weighted by atomic mass is 15.0. The number of nitrogens with two attached hydrogens (primary N) is 1. The average molecular weight is 272 g/mol. The Kier molecular flexibility index (Phi) is 4.42. The molecule has 1 aromatic carbocycles. The van der Waals surface area contributed by atoms with Crippen LogP contribution in [0.4, 0.5) is 0 Å². The molecule has 1 aromatic rings. The molecular weight excluding hydrogens is 244 g/mol. The molecule has 2 aliphatic rings. The van der Waals surface area contributed by atoms with Crippen molar-refractivity contribution in [1.82, 2.24) is 5.32 Å². The monoisotopic (exact) mass is 272 g/mol. The van der Waals surface area contributed by atoms with Crippen molar-refractivity contribution >= 4 is 0 Å². The standard InChI is InChI=1S/C18H28N2/c19-14-18(20-13-10-15-6-7-15)11-8-17(9-12-18)16-4-2-1-3-5-16/h1-5,15,17,20H,6-14,19H2. The van der Waals surface area contributed by atoms with Gasteiger partial charge in [-0.1, -0.05) is 43.2 Å². The molecular formula is C18H28N2. The van der Waals surface area contributed by atoms with E-state index in [4.69, 9.17) is 5.73 Å². The van der Waals surface area contributed by atoms with Crippen molar-refractivity contribution in [3.63, 3.8) is 0 Å². The first-order valence-corrected chi connectivity index (χ1v) is 8.31. The van der Waals surface area contributed by atoms with E-state index in [1.807, 2.05) is 0 Å². The maximum absolute atomic E-state index is 6.09. The highest BCUT2D eigenvalue weighted by molar-refractivity contribution is 5.20. The van der Waals surface area contributed by atoms with E-state index < -0.39 is 0 Å². The topological polar surface area (TPSA) is 38.0 Å². The first-order valence-electron chi connectivity index (χ1n) is 8.31. The van der Waals surface area contributed by atoms with Crippen LogP contribution in [0, 0.1) is 5.92 Å². The molecule has 0 radical (unpaired) electrons. The van der Waals surface area contributed by atoms with Crippen LogP contribution in [0.15, 0.2) is 30.3 Å². The molecule has 0 atom stereocenters. The van der Waals surface area contributed by atoms with E-state index in [0.29, 0.717) is 0 Å². The maximum Gasteiger partial charge on any atom is 0.0304 e. The first-order chi connectivity index (χ1) is 9.81. The Hall–Kier alpha value is -0.860. The van der Waals surface area contributed by atoms with Gasteiger partial charge < -0.3 is 11.1 Å². The third-order valence-electron chi connectivity index (χ3n) is 5.35. The van der Waals surface area contributed by atoms with Gasteiger partial charge in [-0.3, -0.25) is 0 Å². The second-order valence-corrected chi connectivity index (χ2v) is 6.83. The zero-order chi connectivity index (χ0) is 13.8. The molecule has 0 aromatic heterocycles. The Morgan fingerprint density at radius 1 is 1.05 bits per heavy atom. The summed E-state index contributed by atoms with van der Waals surface area (Å²) in [5.74, 6) is 1.75. The van der Waals surface area contributed by atoms with Crippen LogP contribution < -0.4 is 11.1 Å². The van der Waals surface area contributed by atoms with Crippen molar-refractivity contribution in [1.29, 1.82) is 0 Å². The van der Waals surface area contributed by atoms with E-state index in [-0.39, 0.29) is 5.54 Å². The summed E-state index contributed by atoms with van der Waals surface area (Å²) in [6.07, 6.45) is 9.27. The predicted molar refractivity (Wildman–Crippen MR) is 84.8 cm³/mol. The zero-order valence-corrected chi connectivity index (χ0v) is 12.5. The van der Waals surface area contributed by atoms with Crippen LogP contribution >= 0.6 is 0 Å². The van der Waals surface area contributed by atoms with Crippen molar-refractivity contribution in [2.75, 3.05) is 13.1 Å². The molecule has 110 valence electrons. The summed E-state index contributed by atoms with van der Waals surface area (Å²) in [5, 5.41) is 3.80. The molecule has 0 aliphatic heterocycles. The van der Waals surface area contributed by atoms with Gasteiger partial charge in [-0.25, -0.2) is 0 Å². The third-order valence-corrected chi connectivity index (χ3v) is 5.35. The van der Waals surface area contributed by atoms with Crippen LogP contribution in [0.2, 0.25) is 0 Å². The van der Waals surface area contributed by atoms with E-state index in [9.17, 15) is 0 Å². The molecule has 0 bridgehead atoms. The van der Waals surface area contributed by atoms with Crippen LogP contribution in [0.5, 0.6) is 0 Å². The molecule has 3 N–H and O–H groups in total. The summed E-state index contributed by atoms with van der Waals surface area (Å²) in [6, 6.07) is 11.0. The number of hydrogen-bond donors (Lipinski definition) is 2. The fourth-order valence-corrected chi connectivity index (χ4v) is 3.63. The lowest BCUT2D eigenvalue weighted by Gasteiger charge is -2.40. The molecule has 3 rings (SSSR count). The van der Waals surface area contributed by atoms with E-state index in [2.05, 4.69) is 35.6 Å². The van der Waals surface area contributed by atoms with E-state index >= 15 is 0 Å². The number of benzene rings is 1. The van der Waals surface area contributed by atoms with E-state index in [1.54, 1.807) is 0 Å².